The van der Waals surface area contributed by atoms with E-state index in [-0.39, 0.29) is 24.7 Å². The van der Waals surface area contributed by atoms with Crippen LogP contribution >= 0.6 is 0 Å². The summed E-state index contributed by atoms with van der Waals surface area (Å²) in [5.41, 5.74) is 0.295. The van der Waals surface area contributed by atoms with Crippen LogP contribution in [0.1, 0.15) is 37.7 Å². The number of benzene rings is 1. The molecule has 1 rings (SSSR count). The number of nitrogens with zero attached hydrogens (tertiary/aromatic N) is 1. The topological polar surface area (TPSA) is 57.6 Å². The Morgan fingerprint density at radius 2 is 2.00 bits per heavy atom. The predicted octanol–water partition coefficient (Wildman–Crippen LogP) is 2.78. The minimum absolute atomic E-state index is 0.000234. The van der Waals surface area contributed by atoms with Gasteiger partial charge in [-0.2, -0.15) is 0 Å². The molecule has 0 heterocycles. The lowest BCUT2D eigenvalue weighted by Crippen LogP contribution is -2.29. The summed E-state index contributed by atoms with van der Waals surface area (Å²) < 4.78 is 26.5. The molecule has 0 radical (unpaired) electrons. The van der Waals surface area contributed by atoms with E-state index in [1.54, 1.807) is 14.0 Å². The Morgan fingerprint density at radius 1 is 1.33 bits per heavy atom. The van der Waals surface area contributed by atoms with Gasteiger partial charge in [-0.1, -0.05) is 13.0 Å². The number of rotatable bonds is 7. The van der Waals surface area contributed by atoms with Gasteiger partial charge in [0.15, 0.2) is 0 Å². The largest absolute Gasteiger partial charge is 0.481 e. The Bertz CT molecular complexity index is 520. The van der Waals surface area contributed by atoms with Crippen molar-refractivity contribution in [2.24, 2.45) is 0 Å². The monoisotopic (exact) mass is 299 g/mol. The molecule has 1 N–H and O–H groups in total. The van der Waals surface area contributed by atoms with Gasteiger partial charge in [-0.25, -0.2) is 8.78 Å². The number of carbonyl (C=O) groups excluding carboxylic acids is 1. The standard InChI is InChI=1S/C15H19F2NO3/c1-10(12-6-5-11(16)9-13(12)17)8-14(19)18(2)7-3-4-15(20)21/h5-6,9-10H,3-4,7-8H2,1-2H3,(H,20,21). The smallest absolute Gasteiger partial charge is 0.303 e. The van der Waals surface area contributed by atoms with Crippen molar-refractivity contribution in [2.45, 2.75) is 32.1 Å². The van der Waals surface area contributed by atoms with Gasteiger partial charge >= 0.3 is 5.97 Å². The van der Waals surface area contributed by atoms with Crippen LogP contribution in [0.25, 0.3) is 0 Å². The molecule has 1 atom stereocenters. The maximum atomic E-state index is 13.6. The molecule has 1 unspecified atom stereocenters. The van der Waals surface area contributed by atoms with E-state index in [1.165, 1.54) is 11.0 Å². The molecule has 21 heavy (non-hydrogen) atoms. The molecule has 0 aromatic heterocycles. The molecular formula is C15H19F2NO3. The van der Waals surface area contributed by atoms with Crippen molar-refractivity contribution in [1.82, 2.24) is 4.90 Å². The molecule has 116 valence electrons. The SMILES string of the molecule is CC(CC(=O)N(C)CCCC(=O)O)c1ccc(F)cc1F. The highest BCUT2D eigenvalue weighted by Gasteiger charge is 2.18. The van der Waals surface area contributed by atoms with Crippen LogP contribution in [0.4, 0.5) is 8.78 Å². The normalized spacial score (nSPS) is 12.0. The van der Waals surface area contributed by atoms with Gasteiger partial charge in [0.05, 0.1) is 0 Å². The van der Waals surface area contributed by atoms with Gasteiger partial charge in [0, 0.05) is 32.5 Å². The van der Waals surface area contributed by atoms with Crippen LogP contribution in [0.3, 0.4) is 0 Å². The molecule has 4 nitrogen and oxygen atoms in total. The predicted molar refractivity (Wildman–Crippen MR) is 73.9 cm³/mol. The van der Waals surface area contributed by atoms with Crippen molar-refractivity contribution in [2.75, 3.05) is 13.6 Å². The van der Waals surface area contributed by atoms with Crippen LogP contribution in [-0.2, 0) is 9.59 Å². The summed E-state index contributed by atoms with van der Waals surface area (Å²) in [5.74, 6) is -2.79. The van der Waals surface area contributed by atoms with Gasteiger partial charge in [-0.3, -0.25) is 9.59 Å². The molecule has 6 heteroatoms. The summed E-state index contributed by atoms with van der Waals surface area (Å²) in [6.07, 6.45) is 0.461. The third kappa shape index (κ3) is 5.49. The van der Waals surface area contributed by atoms with Crippen molar-refractivity contribution in [3.63, 3.8) is 0 Å². The molecule has 0 bridgehead atoms. The second kappa shape index (κ2) is 7.71. The molecule has 0 aliphatic rings. The lowest BCUT2D eigenvalue weighted by molar-refractivity contribution is -0.138. The highest BCUT2D eigenvalue weighted by Crippen LogP contribution is 2.23. The van der Waals surface area contributed by atoms with E-state index in [4.69, 9.17) is 5.11 Å². The fourth-order valence-corrected chi connectivity index (χ4v) is 2.02. The van der Waals surface area contributed by atoms with E-state index >= 15 is 0 Å². The lowest BCUT2D eigenvalue weighted by atomic mass is 9.96. The first-order chi connectivity index (χ1) is 9.81. The Labute approximate surface area is 122 Å². The number of carboxylic acid groups (broad SMARTS) is 1. The van der Waals surface area contributed by atoms with Crippen LogP contribution in [0.5, 0.6) is 0 Å². The summed E-state index contributed by atoms with van der Waals surface area (Å²) in [6.45, 7) is 2.03. The Kier molecular flexibility index (Phi) is 6.27. The lowest BCUT2D eigenvalue weighted by Gasteiger charge is -2.19. The van der Waals surface area contributed by atoms with Gasteiger partial charge in [0.2, 0.25) is 5.91 Å². The Balaban J connectivity index is 2.55. The number of aliphatic carboxylic acids is 1. The van der Waals surface area contributed by atoms with E-state index in [9.17, 15) is 18.4 Å². The average molecular weight is 299 g/mol. The molecule has 0 spiro atoms. The number of carbonyl (C=O) groups is 2. The molecule has 1 aromatic carbocycles. The average Bonchev–Trinajstić information content (AvgIpc) is 2.37. The van der Waals surface area contributed by atoms with E-state index in [0.29, 0.717) is 18.5 Å². The fourth-order valence-electron chi connectivity index (χ4n) is 2.02. The minimum atomic E-state index is -0.905. The Hall–Kier alpha value is -1.98. The summed E-state index contributed by atoms with van der Waals surface area (Å²) in [7, 11) is 1.58. The number of hydrogen-bond donors (Lipinski definition) is 1. The van der Waals surface area contributed by atoms with Crippen molar-refractivity contribution < 1.29 is 23.5 Å². The van der Waals surface area contributed by atoms with E-state index in [2.05, 4.69) is 0 Å². The number of hydrogen-bond acceptors (Lipinski definition) is 2. The van der Waals surface area contributed by atoms with Crippen LogP contribution in [0.2, 0.25) is 0 Å². The quantitative estimate of drug-likeness (QED) is 0.842. The fraction of sp³-hybridized carbons (Fsp3) is 0.467. The molecular weight excluding hydrogens is 280 g/mol. The Morgan fingerprint density at radius 3 is 2.57 bits per heavy atom. The van der Waals surface area contributed by atoms with E-state index < -0.39 is 17.6 Å². The highest BCUT2D eigenvalue weighted by atomic mass is 19.1. The van der Waals surface area contributed by atoms with Gasteiger partial charge in [0.25, 0.3) is 0 Å². The van der Waals surface area contributed by atoms with Gasteiger partial charge < -0.3 is 10.0 Å². The minimum Gasteiger partial charge on any atom is -0.481 e. The van der Waals surface area contributed by atoms with Crippen molar-refractivity contribution in [3.8, 4) is 0 Å². The maximum absolute atomic E-state index is 13.6. The van der Waals surface area contributed by atoms with Crippen LogP contribution < -0.4 is 0 Å². The third-order valence-electron chi connectivity index (χ3n) is 3.28. The van der Waals surface area contributed by atoms with E-state index in [1.807, 2.05) is 0 Å². The van der Waals surface area contributed by atoms with Gasteiger partial charge in [0.1, 0.15) is 11.6 Å². The molecule has 0 saturated heterocycles. The molecule has 0 saturated carbocycles. The van der Waals surface area contributed by atoms with Gasteiger partial charge in [-0.05, 0) is 24.0 Å². The zero-order valence-electron chi connectivity index (χ0n) is 12.1. The summed E-state index contributed by atoms with van der Waals surface area (Å²) in [4.78, 5) is 23.8. The molecule has 1 amide bonds. The van der Waals surface area contributed by atoms with Crippen LogP contribution in [0.15, 0.2) is 18.2 Å². The molecule has 0 aliphatic heterocycles. The molecule has 0 aliphatic carbocycles. The summed E-state index contributed by atoms with van der Waals surface area (Å²) in [6, 6.07) is 3.30. The number of amides is 1. The third-order valence-corrected chi connectivity index (χ3v) is 3.28. The zero-order chi connectivity index (χ0) is 16.0. The van der Waals surface area contributed by atoms with Crippen molar-refractivity contribution in [3.05, 3.63) is 35.4 Å². The van der Waals surface area contributed by atoms with Crippen LogP contribution in [0, 0.1) is 11.6 Å². The maximum Gasteiger partial charge on any atom is 0.303 e. The number of carboxylic acids is 1. The van der Waals surface area contributed by atoms with E-state index in [0.717, 1.165) is 12.1 Å². The highest BCUT2D eigenvalue weighted by molar-refractivity contribution is 5.76. The molecule has 1 aromatic rings. The first-order valence-electron chi connectivity index (χ1n) is 6.72. The van der Waals surface area contributed by atoms with Crippen LogP contribution in [-0.4, -0.2) is 35.5 Å². The second-order valence-electron chi connectivity index (χ2n) is 5.08. The first-order valence-corrected chi connectivity index (χ1v) is 6.72. The number of halogens is 2. The second-order valence-corrected chi connectivity index (χ2v) is 5.08. The first kappa shape index (κ1) is 17.1. The van der Waals surface area contributed by atoms with Crippen molar-refractivity contribution in [1.29, 1.82) is 0 Å². The zero-order valence-corrected chi connectivity index (χ0v) is 12.1. The molecule has 0 fully saturated rings. The van der Waals surface area contributed by atoms with Crippen molar-refractivity contribution >= 4 is 11.9 Å². The summed E-state index contributed by atoms with van der Waals surface area (Å²) in [5, 5.41) is 8.54. The summed E-state index contributed by atoms with van der Waals surface area (Å²) >= 11 is 0. The van der Waals surface area contributed by atoms with Gasteiger partial charge in [-0.15, -0.1) is 0 Å².